The average molecular weight is 189 g/mol. The van der Waals surface area contributed by atoms with E-state index in [4.69, 9.17) is 5.11 Å². The largest absolute Gasteiger partial charge is 0.384 e. The second-order valence-corrected chi connectivity index (χ2v) is 3.26. The molecular weight excluding hydrogens is 174 g/mol. The second-order valence-electron chi connectivity index (χ2n) is 3.26. The Labute approximate surface area is 85.2 Å². The summed E-state index contributed by atoms with van der Waals surface area (Å²) >= 11 is 0. The third kappa shape index (κ3) is 2.88. The lowest BCUT2D eigenvalue weighted by molar-refractivity contribution is 0.345. The molecule has 1 rings (SSSR count). The molecule has 0 saturated heterocycles. The van der Waals surface area contributed by atoms with Crippen molar-refractivity contribution in [1.82, 2.24) is 4.90 Å². The molecule has 0 heterocycles. The molecule has 14 heavy (non-hydrogen) atoms. The summed E-state index contributed by atoms with van der Waals surface area (Å²) in [6.45, 7) is -0.0861. The number of rotatable bonds is 2. The molecule has 0 aliphatic heterocycles. The fourth-order valence-electron chi connectivity index (χ4n) is 1.29. The van der Waals surface area contributed by atoms with Gasteiger partial charge in [-0.2, -0.15) is 0 Å². The van der Waals surface area contributed by atoms with E-state index in [-0.39, 0.29) is 12.6 Å². The maximum absolute atomic E-state index is 8.65. The van der Waals surface area contributed by atoms with Gasteiger partial charge in [-0.05, 0) is 19.7 Å². The van der Waals surface area contributed by atoms with Crippen molar-refractivity contribution in [1.29, 1.82) is 0 Å². The summed E-state index contributed by atoms with van der Waals surface area (Å²) in [4.78, 5) is 2.03. The van der Waals surface area contributed by atoms with Crippen molar-refractivity contribution < 1.29 is 5.11 Å². The van der Waals surface area contributed by atoms with Gasteiger partial charge in [-0.15, -0.1) is 0 Å². The molecule has 0 radical (unpaired) electrons. The van der Waals surface area contributed by atoms with Gasteiger partial charge in [0.15, 0.2) is 0 Å². The molecule has 1 N–H and O–H groups in total. The Kier molecular flexibility index (Phi) is 4.18. The van der Waals surface area contributed by atoms with Crippen LogP contribution < -0.4 is 0 Å². The molecule has 2 heteroatoms. The van der Waals surface area contributed by atoms with Crippen LogP contribution in [0.15, 0.2) is 30.3 Å². The van der Waals surface area contributed by atoms with Gasteiger partial charge in [0.2, 0.25) is 0 Å². The maximum Gasteiger partial charge on any atom is 0.104 e. The van der Waals surface area contributed by atoms with Crippen LogP contribution in [-0.2, 0) is 0 Å². The van der Waals surface area contributed by atoms with Crippen molar-refractivity contribution in [2.75, 3.05) is 20.7 Å². The van der Waals surface area contributed by atoms with E-state index in [9.17, 15) is 0 Å². The van der Waals surface area contributed by atoms with Crippen LogP contribution in [0.25, 0.3) is 0 Å². The van der Waals surface area contributed by atoms with Crippen LogP contribution in [0.2, 0.25) is 0 Å². The highest BCUT2D eigenvalue weighted by molar-refractivity contribution is 5.26. The monoisotopic (exact) mass is 189 g/mol. The molecule has 74 valence electrons. The minimum atomic E-state index is -0.0861. The van der Waals surface area contributed by atoms with Gasteiger partial charge in [-0.25, -0.2) is 0 Å². The first kappa shape index (κ1) is 10.8. The quantitative estimate of drug-likeness (QED) is 0.708. The Hall–Kier alpha value is -1.30. The Morgan fingerprint density at radius 1 is 1.29 bits per heavy atom. The maximum atomic E-state index is 8.65. The lowest BCUT2D eigenvalue weighted by Gasteiger charge is -2.18. The summed E-state index contributed by atoms with van der Waals surface area (Å²) < 4.78 is 0. The first-order valence-electron chi connectivity index (χ1n) is 4.56. The molecule has 1 atom stereocenters. The molecule has 1 aromatic carbocycles. The number of hydrogen-bond donors (Lipinski definition) is 1. The molecule has 0 spiro atoms. The first-order valence-corrected chi connectivity index (χ1v) is 4.56. The minimum Gasteiger partial charge on any atom is -0.384 e. The molecule has 0 saturated carbocycles. The van der Waals surface area contributed by atoms with Gasteiger partial charge in [-0.3, -0.25) is 4.90 Å². The van der Waals surface area contributed by atoms with Gasteiger partial charge < -0.3 is 5.11 Å². The second kappa shape index (κ2) is 5.43. The molecule has 2 nitrogen and oxygen atoms in total. The van der Waals surface area contributed by atoms with E-state index in [1.165, 1.54) is 0 Å². The molecule has 0 bridgehead atoms. The predicted molar refractivity (Wildman–Crippen MR) is 57.7 cm³/mol. The van der Waals surface area contributed by atoms with Gasteiger partial charge >= 0.3 is 0 Å². The van der Waals surface area contributed by atoms with Crippen molar-refractivity contribution in [3.63, 3.8) is 0 Å². The fourth-order valence-corrected chi connectivity index (χ4v) is 1.29. The van der Waals surface area contributed by atoms with E-state index in [1.807, 2.05) is 49.3 Å². The van der Waals surface area contributed by atoms with E-state index in [0.29, 0.717) is 0 Å². The predicted octanol–water partition coefficient (Wildman–Crippen LogP) is 1.28. The van der Waals surface area contributed by atoms with Gasteiger partial charge in [0.25, 0.3) is 0 Å². The van der Waals surface area contributed by atoms with Crippen LogP contribution in [0.1, 0.15) is 11.6 Å². The Balaban J connectivity index is 2.89. The van der Waals surface area contributed by atoms with Crippen molar-refractivity contribution >= 4 is 0 Å². The summed E-state index contributed by atoms with van der Waals surface area (Å²) in [5.41, 5.74) is 1.15. The summed E-state index contributed by atoms with van der Waals surface area (Å²) in [5.74, 6) is 5.70. The molecular formula is C12H15NO. The first-order chi connectivity index (χ1) is 6.75. The lowest BCUT2D eigenvalue weighted by Crippen LogP contribution is -2.18. The van der Waals surface area contributed by atoms with Gasteiger partial charge in [0, 0.05) is 0 Å². The number of aliphatic hydroxyl groups excluding tert-OH is 1. The Morgan fingerprint density at radius 2 is 1.93 bits per heavy atom. The molecule has 0 unspecified atom stereocenters. The summed E-state index contributed by atoms with van der Waals surface area (Å²) in [5, 5.41) is 8.65. The molecule has 1 aromatic rings. The van der Waals surface area contributed by atoms with E-state index < -0.39 is 0 Å². The van der Waals surface area contributed by atoms with E-state index in [1.54, 1.807) is 0 Å². The number of hydrogen-bond acceptors (Lipinski definition) is 2. The highest BCUT2D eigenvalue weighted by atomic mass is 16.2. The average Bonchev–Trinajstić information content (AvgIpc) is 2.19. The van der Waals surface area contributed by atoms with Crippen molar-refractivity contribution in [2.45, 2.75) is 6.04 Å². The van der Waals surface area contributed by atoms with Crippen LogP contribution in [0.5, 0.6) is 0 Å². The number of aliphatic hydroxyl groups is 1. The number of nitrogens with zero attached hydrogens (tertiary/aromatic N) is 1. The number of benzene rings is 1. The van der Waals surface area contributed by atoms with Gasteiger partial charge in [0.1, 0.15) is 6.61 Å². The molecule has 0 aliphatic carbocycles. The van der Waals surface area contributed by atoms with Crippen molar-refractivity contribution in [2.24, 2.45) is 0 Å². The highest BCUT2D eigenvalue weighted by Crippen LogP contribution is 2.16. The minimum absolute atomic E-state index is 0.0587. The summed E-state index contributed by atoms with van der Waals surface area (Å²) in [6, 6.07) is 10.1. The molecule has 0 fully saturated rings. The van der Waals surface area contributed by atoms with Gasteiger partial charge in [-0.1, -0.05) is 42.2 Å². The van der Waals surface area contributed by atoms with Gasteiger partial charge in [0.05, 0.1) is 6.04 Å². The van der Waals surface area contributed by atoms with Crippen LogP contribution >= 0.6 is 0 Å². The zero-order chi connectivity index (χ0) is 10.4. The van der Waals surface area contributed by atoms with E-state index in [0.717, 1.165) is 5.56 Å². The zero-order valence-electron chi connectivity index (χ0n) is 8.57. The van der Waals surface area contributed by atoms with Crippen LogP contribution in [0.4, 0.5) is 0 Å². The van der Waals surface area contributed by atoms with Crippen LogP contribution in [0, 0.1) is 11.8 Å². The molecule has 0 amide bonds. The molecule has 0 aromatic heterocycles. The van der Waals surface area contributed by atoms with E-state index in [2.05, 4.69) is 11.8 Å². The third-order valence-corrected chi connectivity index (χ3v) is 1.95. The smallest absolute Gasteiger partial charge is 0.104 e. The standard InChI is InChI=1S/C12H15NO/c1-13(2)12(9-6-10-14)11-7-4-3-5-8-11/h3-5,7-8,12,14H,10H2,1-2H3/t12-/m0/s1. The summed E-state index contributed by atoms with van der Waals surface area (Å²) in [6.07, 6.45) is 0. The van der Waals surface area contributed by atoms with E-state index >= 15 is 0 Å². The lowest BCUT2D eigenvalue weighted by atomic mass is 10.1. The van der Waals surface area contributed by atoms with Crippen LogP contribution in [-0.4, -0.2) is 30.7 Å². The SMILES string of the molecule is CN(C)[C@@H](C#CCO)c1ccccc1. The normalized spacial score (nSPS) is 12.0. The zero-order valence-corrected chi connectivity index (χ0v) is 8.57. The highest BCUT2D eigenvalue weighted by Gasteiger charge is 2.09. The van der Waals surface area contributed by atoms with Crippen molar-refractivity contribution in [3.8, 4) is 11.8 Å². The summed E-state index contributed by atoms with van der Waals surface area (Å²) in [7, 11) is 3.95. The Bertz CT molecular complexity index is 321. The fraction of sp³-hybridized carbons (Fsp3) is 0.333. The van der Waals surface area contributed by atoms with Crippen LogP contribution in [0.3, 0.4) is 0 Å². The molecule has 0 aliphatic rings. The third-order valence-electron chi connectivity index (χ3n) is 1.95. The van der Waals surface area contributed by atoms with Crippen molar-refractivity contribution in [3.05, 3.63) is 35.9 Å². The topological polar surface area (TPSA) is 23.5 Å². The Morgan fingerprint density at radius 3 is 2.43 bits per heavy atom.